The SMILES string of the molecule is CC(CCO)CNC(=O)N(C)C. The maximum atomic E-state index is 11.0. The van der Waals surface area contributed by atoms with E-state index in [0.29, 0.717) is 12.5 Å². The van der Waals surface area contributed by atoms with Crippen LogP contribution >= 0.6 is 0 Å². The molecule has 0 saturated carbocycles. The number of carbonyl (C=O) groups is 1. The summed E-state index contributed by atoms with van der Waals surface area (Å²) in [7, 11) is 3.40. The third kappa shape index (κ3) is 4.96. The number of aliphatic hydroxyl groups excluding tert-OH is 1. The van der Waals surface area contributed by atoms with Gasteiger partial charge in [0, 0.05) is 27.2 Å². The third-order valence-electron chi connectivity index (χ3n) is 1.63. The van der Waals surface area contributed by atoms with Gasteiger partial charge in [0.25, 0.3) is 0 Å². The van der Waals surface area contributed by atoms with Crippen LogP contribution in [-0.4, -0.2) is 43.3 Å². The van der Waals surface area contributed by atoms with E-state index < -0.39 is 0 Å². The maximum absolute atomic E-state index is 11.0. The highest BCUT2D eigenvalue weighted by Gasteiger charge is 2.05. The fourth-order valence-electron chi connectivity index (χ4n) is 0.742. The normalized spacial score (nSPS) is 12.3. The van der Waals surface area contributed by atoms with Crippen LogP contribution in [0.4, 0.5) is 4.79 Å². The Labute approximate surface area is 73.6 Å². The Hall–Kier alpha value is -0.770. The molecule has 4 heteroatoms. The van der Waals surface area contributed by atoms with Crippen LogP contribution in [0.2, 0.25) is 0 Å². The summed E-state index contributed by atoms with van der Waals surface area (Å²) in [6, 6.07) is -0.0835. The number of urea groups is 1. The molecule has 12 heavy (non-hydrogen) atoms. The molecule has 0 bridgehead atoms. The first-order valence-corrected chi connectivity index (χ1v) is 4.14. The molecule has 0 saturated heterocycles. The second kappa shape index (κ2) is 5.83. The number of hydrogen-bond acceptors (Lipinski definition) is 2. The van der Waals surface area contributed by atoms with Gasteiger partial charge in [-0.3, -0.25) is 0 Å². The maximum Gasteiger partial charge on any atom is 0.316 e. The molecule has 4 nitrogen and oxygen atoms in total. The van der Waals surface area contributed by atoms with E-state index >= 15 is 0 Å². The molecule has 1 atom stereocenters. The van der Waals surface area contributed by atoms with Crippen molar-refractivity contribution >= 4 is 6.03 Å². The first kappa shape index (κ1) is 11.2. The molecular weight excluding hydrogens is 156 g/mol. The van der Waals surface area contributed by atoms with Gasteiger partial charge in [0.1, 0.15) is 0 Å². The zero-order chi connectivity index (χ0) is 9.56. The van der Waals surface area contributed by atoms with Crippen LogP contribution < -0.4 is 5.32 Å². The molecule has 0 spiro atoms. The average molecular weight is 174 g/mol. The molecule has 0 aliphatic rings. The zero-order valence-electron chi connectivity index (χ0n) is 8.00. The lowest BCUT2D eigenvalue weighted by Gasteiger charge is -2.14. The molecule has 72 valence electrons. The number of nitrogens with one attached hydrogen (secondary N) is 1. The van der Waals surface area contributed by atoms with Gasteiger partial charge in [-0.25, -0.2) is 4.79 Å². The average Bonchev–Trinajstić information content (AvgIpc) is 2.00. The molecule has 0 heterocycles. The van der Waals surface area contributed by atoms with Gasteiger partial charge in [-0.1, -0.05) is 6.92 Å². The lowest BCUT2D eigenvalue weighted by Crippen LogP contribution is -2.37. The van der Waals surface area contributed by atoms with E-state index in [1.807, 2.05) is 6.92 Å². The number of rotatable bonds is 4. The number of aliphatic hydroxyl groups is 1. The molecule has 2 amide bonds. The highest BCUT2D eigenvalue weighted by molar-refractivity contribution is 5.73. The first-order valence-electron chi connectivity index (χ1n) is 4.14. The molecule has 0 aromatic heterocycles. The minimum Gasteiger partial charge on any atom is -0.396 e. The van der Waals surface area contributed by atoms with Gasteiger partial charge in [0.15, 0.2) is 0 Å². The van der Waals surface area contributed by atoms with Gasteiger partial charge in [-0.15, -0.1) is 0 Å². The van der Waals surface area contributed by atoms with E-state index in [4.69, 9.17) is 5.11 Å². The van der Waals surface area contributed by atoms with E-state index in [1.54, 1.807) is 14.1 Å². The van der Waals surface area contributed by atoms with E-state index in [9.17, 15) is 4.79 Å². The number of nitrogens with zero attached hydrogens (tertiary/aromatic N) is 1. The molecule has 0 aromatic carbocycles. The predicted octanol–water partition coefficient (Wildman–Crippen LogP) is 0.276. The van der Waals surface area contributed by atoms with E-state index in [-0.39, 0.29) is 12.6 Å². The van der Waals surface area contributed by atoms with E-state index in [0.717, 1.165) is 6.42 Å². The van der Waals surface area contributed by atoms with Crippen molar-refractivity contribution in [2.24, 2.45) is 5.92 Å². The van der Waals surface area contributed by atoms with Crippen LogP contribution in [-0.2, 0) is 0 Å². The Bertz CT molecular complexity index is 137. The molecule has 0 aliphatic carbocycles. The number of amides is 2. The Morgan fingerprint density at radius 1 is 1.58 bits per heavy atom. The molecule has 2 N–H and O–H groups in total. The molecule has 0 rings (SSSR count). The molecule has 0 radical (unpaired) electrons. The zero-order valence-corrected chi connectivity index (χ0v) is 8.00. The molecule has 0 aromatic rings. The Kier molecular flexibility index (Phi) is 5.45. The highest BCUT2D eigenvalue weighted by atomic mass is 16.3. The summed E-state index contributed by atoms with van der Waals surface area (Å²) in [5.41, 5.74) is 0. The van der Waals surface area contributed by atoms with Crippen molar-refractivity contribution < 1.29 is 9.90 Å². The third-order valence-corrected chi connectivity index (χ3v) is 1.63. The topological polar surface area (TPSA) is 52.6 Å². The van der Waals surface area contributed by atoms with Crippen molar-refractivity contribution in [1.82, 2.24) is 10.2 Å². The van der Waals surface area contributed by atoms with Crippen molar-refractivity contribution in [3.8, 4) is 0 Å². The second-order valence-electron chi connectivity index (χ2n) is 3.20. The van der Waals surface area contributed by atoms with Crippen LogP contribution in [0.3, 0.4) is 0 Å². The van der Waals surface area contributed by atoms with Crippen molar-refractivity contribution in [3.63, 3.8) is 0 Å². The Morgan fingerprint density at radius 3 is 2.58 bits per heavy atom. The van der Waals surface area contributed by atoms with Gasteiger partial charge < -0.3 is 15.3 Å². The summed E-state index contributed by atoms with van der Waals surface area (Å²) in [5, 5.41) is 11.3. The monoisotopic (exact) mass is 174 g/mol. The first-order chi connectivity index (χ1) is 5.57. The minimum absolute atomic E-state index is 0.0835. The Balaban J connectivity index is 3.47. The van der Waals surface area contributed by atoms with Crippen LogP contribution in [0, 0.1) is 5.92 Å². The fraction of sp³-hybridized carbons (Fsp3) is 0.875. The fourth-order valence-corrected chi connectivity index (χ4v) is 0.742. The summed E-state index contributed by atoms with van der Waals surface area (Å²) >= 11 is 0. The lowest BCUT2D eigenvalue weighted by atomic mass is 10.1. The van der Waals surface area contributed by atoms with Gasteiger partial charge >= 0.3 is 6.03 Å². The predicted molar refractivity (Wildman–Crippen MR) is 48.0 cm³/mol. The van der Waals surface area contributed by atoms with Gasteiger partial charge in [-0.05, 0) is 12.3 Å². The van der Waals surface area contributed by atoms with Crippen LogP contribution in [0.15, 0.2) is 0 Å². The minimum atomic E-state index is -0.0835. The molecule has 1 unspecified atom stereocenters. The number of carbonyl (C=O) groups excluding carboxylic acids is 1. The number of hydrogen-bond donors (Lipinski definition) is 2. The molecule has 0 aliphatic heterocycles. The molecular formula is C8H18N2O2. The van der Waals surface area contributed by atoms with Crippen molar-refractivity contribution in [2.75, 3.05) is 27.2 Å². The quantitative estimate of drug-likeness (QED) is 0.643. The Morgan fingerprint density at radius 2 is 2.17 bits per heavy atom. The van der Waals surface area contributed by atoms with Crippen molar-refractivity contribution in [1.29, 1.82) is 0 Å². The summed E-state index contributed by atoms with van der Waals surface area (Å²) in [6.07, 6.45) is 0.730. The van der Waals surface area contributed by atoms with Gasteiger partial charge in [0.2, 0.25) is 0 Å². The molecule has 0 fully saturated rings. The van der Waals surface area contributed by atoms with Gasteiger partial charge in [-0.2, -0.15) is 0 Å². The second-order valence-corrected chi connectivity index (χ2v) is 3.20. The van der Waals surface area contributed by atoms with Crippen molar-refractivity contribution in [3.05, 3.63) is 0 Å². The van der Waals surface area contributed by atoms with Crippen molar-refractivity contribution in [2.45, 2.75) is 13.3 Å². The van der Waals surface area contributed by atoms with Crippen LogP contribution in [0.1, 0.15) is 13.3 Å². The summed E-state index contributed by atoms with van der Waals surface area (Å²) < 4.78 is 0. The lowest BCUT2D eigenvalue weighted by molar-refractivity contribution is 0.212. The van der Waals surface area contributed by atoms with E-state index in [2.05, 4.69) is 5.32 Å². The highest BCUT2D eigenvalue weighted by Crippen LogP contribution is 1.97. The summed E-state index contributed by atoms with van der Waals surface area (Å²) in [4.78, 5) is 12.5. The van der Waals surface area contributed by atoms with E-state index in [1.165, 1.54) is 4.90 Å². The largest absolute Gasteiger partial charge is 0.396 e. The summed E-state index contributed by atoms with van der Waals surface area (Å²) in [5.74, 6) is 0.332. The van der Waals surface area contributed by atoms with Crippen LogP contribution in [0.25, 0.3) is 0 Å². The summed E-state index contributed by atoms with van der Waals surface area (Å²) in [6.45, 7) is 2.79. The smallest absolute Gasteiger partial charge is 0.316 e. The van der Waals surface area contributed by atoms with Gasteiger partial charge in [0.05, 0.1) is 0 Å². The standard InChI is InChI=1S/C8H18N2O2/c1-7(4-5-11)6-9-8(12)10(2)3/h7,11H,4-6H2,1-3H3,(H,9,12). The van der Waals surface area contributed by atoms with Crippen LogP contribution in [0.5, 0.6) is 0 Å².